The van der Waals surface area contributed by atoms with Crippen molar-refractivity contribution in [3.05, 3.63) is 40.3 Å². The van der Waals surface area contributed by atoms with Gasteiger partial charge in [-0.3, -0.25) is 19.2 Å². The summed E-state index contributed by atoms with van der Waals surface area (Å²) in [7, 11) is 0. The number of nitrogens with zero attached hydrogens (tertiary/aromatic N) is 2. The van der Waals surface area contributed by atoms with Crippen molar-refractivity contribution in [2.75, 3.05) is 13.2 Å². The summed E-state index contributed by atoms with van der Waals surface area (Å²) in [5, 5.41) is 7.20. The van der Waals surface area contributed by atoms with Crippen LogP contribution in [0.1, 0.15) is 42.6 Å². The fourth-order valence-electron chi connectivity index (χ4n) is 3.54. The van der Waals surface area contributed by atoms with Crippen molar-refractivity contribution >= 4 is 28.6 Å². The Kier molecular flexibility index (Phi) is 6.58. The highest BCUT2D eigenvalue weighted by Gasteiger charge is 2.18. The topological polar surface area (TPSA) is 133 Å². The molecule has 0 spiro atoms. The minimum absolute atomic E-state index is 0.113. The molecule has 3 rings (SSSR count). The molecule has 0 atom stereocenters. The van der Waals surface area contributed by atoms with Gasteiger partial charge in [-0.15, -0.1) is 0 Å². The number of nitrogens with two attached hydrogens (primary N) is 1. The second-order valence-corrected chi connectivity index (χ2v) is 7.19. The largest absolute Gasteiger partial charge is 0.454 e. The Balaban J connectivity index is 1.59. The third-order valence-electron chi connectivity index (χ3n) is 5.06. The van der Waals surface area contributed by atoms with Gasteiger partial charge in [-0.1, -0.05) is 37.5 Å². The lowest BCUT2D eigenvalue weighted by Crippen LogP contribution is -2.35. The monoisotopic (exact) mass is 400 g/mol. The van der Waals surface area contributed by atoms with Gasteiger partial charge >= 0.3 is 5.97 Å². The van der Waals surface area contributed by atoms with E-state index in [9.17, 15) is 19.2 Å². The van der Waals surface area contributed by atoms with Crippen LogP contribution in [0.3, 0.4) is 0 Å². The Morgan fingerprint density at radius 2 is 1.83 bits per heavy atom. The van der Waals surface area contributed by atoms with Gasteiger partial charge in [0.2, 0.25) is 0 Å². The molecular weight excluding hydrogens is 376 g/mol. The lowest BCUT2D eigenvalue weighted by molar-refractivity contribution is -0.149. The maximum absolute atomic E-state index is 12.5. The van der Waals surface area contributed by atoms with Crippen molar-refractivity contribution < 1.29 is 19.1 Å². The number of primary amides is 1. The van der Waals surface area contributed by atoms with E-state index in [0.29, 0.717) is 17.8 Å². The molecule has 1 aromatic heterocycles. The maximum atomic E-state index is 12.5. The minimum Gasteiger partial charge on any atom is -0.454 e. The van der Waals surface area contributed by atoms with E-state index in [-0.39, 0.29) is 17.0 Å². The molecule has 2 aromatic rings. The van der Waals surface area contributed by atoms with Gasteiger partial charge in [0.15, 0.2) is 12.3 Å². The van der Waals surface area contributed by atoms with Crippen molar-refractivity contribution in [1.82, 2.24) is 15.1 Å². The van der Waals surface area contributed by atoms with Gasteiger partial charge in [-0.2, -0.15) is 5.10 Å². The van der Waals surface area contributed by atoms with E-state index in [4.69, 9.17) is 10.5 Å². The van der Waals surface area contributed by atoms with Crippen LogP contribution in [0.5, 0.6) is 0 Å². The lowest BCUT2D eigenvalue weighted by atomic mass is 9.89. The van der Waals surface area contributed by atoms with Crippen molar-refractivity contribution in [2.45, 2.75) is 38.6 Å². The first kappa shape index (κ1) is 20.5. The van der Waals surface area contributed by atoms with Crippen LogP contribution in [-0.2, 0) is 20.9 Å². The van der Waals surface area contributed by atoms with E-state index >= 15 is 0 Å². The predicted molar refractivity (Wildman–Crippen MR) is 105 cm³/mol. The summed E-state index contributed by atoms with van der Waals surface area (Å²) < 4.78 is 5.77. The van der Waals surface area contributed by atoms with E-state index in [1.165, 1.54) is 25.3 Å². The Morgan fingerprint density at radius 3 is 2.52 bits per heavy atom. The molecule has 0 radical (unpaired) electrons. The zero-order chi connectivity index (χ0) is 20.8. The predicted octanol–water partition coefficient (Wildman–Crippen LogP) is 0.735. The van der Waals surface area contributed by atoms with E-state index in [1.807, 2.05) is 0 Å². The number of hydrogen-bond donors (Lipinski definition) is 2. The Hall–Kier alpha value is -3.23. The summed E-state index contributed by atoms with van der Waals surface area (Å²) in [4.78, 5) is 48.1. The van der Waals surface area contributed by atoms with Gasteiger partial charge in [0.25, 0.3) is 17.4 Å². The number of nitrogens with one attached hydrogen (secondary N) is 1. The molecule has 2 amide bonds. The SMILES string of the molecule is NC(=O)c1nn(CC(=O)OCC(=O)NCC2CCCCC2)c(=O)c2ccccc12. The van der Waals surface area contributed by atoms with E-state index in [0.717, 1.165) is 17.5 Å². The highest BCUT2D eigenvalue weighted by atomic mass is 16.5. The van der Waals surface area contributed by atoms with Crippen LogP contribution in [0.4, 0.5) is 0 Å². The second kappa shape index (κ2) is 9.31. The van der Waals surface area contributed by atoms with Crippen LogP contribution in [0, 0.1) is 5.92 Å². The molecule has 0 bridgehead atoms. The standard InChI is InChI=1S/C20H24N4O5/c21-19(27)18-14-8-4-5-9-15(14)20(28)24(23-18)11-17(26)29-12-16(25)22-10-13-6-2-1-3-7-13/h4-5,8-9,13H,1-3,6-7,10-12H2,(H2,21,27)(H,22,25). The average Bonchev–Trinajstić information content (AvgIpc) is 2.73. The summed E-state index contributed by atoms with van der Waals surface area (Å²) in [6.45, 7) is -0.388. The molecule has 1 saturated carbocycles. The molecule has 9 nitrogen and oxygen atoms in total. The third kappa shape index (κ3) is 5.18. The zero-order valence-corrected chi connectivity index (χ0v) is 16.1. The molecule has 3 N–H and O–H groups in total. The molecule has 0 aliphatic heterocycles. The normalized spacial score (nSPS) is 14.5. The van der Waals surface area contributed by atoms with Crippen LogP contribution < -0.4 is 16.6 Å². The zero-order valence-electron chi connectivity index (χ0n) is 16.1. The molecule has 9 heteroatoms. The molecule has 1 heterocycles. The number of ether oxygens (including phenoxy) is 1. The number of amides is 2. The Bertz CT molecular complexity index is 978. The highest BCUT2D eigenvalue weighted by Crippen LogP contribution is 2.22. The van der Waals surface area contributed by atoms with E-state index in [1.54, 1.807) is 18.2 Å². The van der Waals surface area contributed by atoms with Crippen LogP contribution in [-0.4, -0.2) is 40.7 Å². The number of fused-ring (bicyclic) bond motifs is 1. The maximum Gasteiger partial charge on any atom is 0.328 e. The molecule has 0 unspecified atom stereocenters. The second-order valence-electron chi connectivity index (χ2n) is 7.19. The van der Waals surface area contributed by atoms with Gasteiger partial charge in [-0.25, -0.2) is 4.68 Å². The fraction of sp³-hybridized carbons (Fsp3) is 0.450. The quantitative estimate of drug-likeness (QED) is 0.659. The van der Waals surface area contributed by atoms with Crippen molar-refractivity contribution in [2.24, 2.45) is 11.7 Å². The first-order valence-corrected chi connectivity index (χ1v) is 9.67. The Morgan fingerprint density at radius 1 is 1.14 bits per heavy atom. The summed E-state index contributed by atoms with van der Waals surface area (Å²) in [5.74, 6) is -1.54. The van der Waals surface area contributed by atoms with Gasteiger partial charge in [0, 0.05) is 11.9 Å². The minimum atomic E-state index is -0.814. The van der Waals surface area contributed by atoms with Crippen LogP contribution in [0.15, 0.2) is 29.1 Å². The molecule has 29 heavy (non-hydrogen) atoms. The third-order valence-corrected chi connectivity index (χ3v) is 5.06. The first-order valence-electron chi connectivity index (χ1n) is 9.67. The highest BCUT2D eigenvalue weighted by molar-refractivity contribution is 6.04. The summed E-state index contributed by atoms with van der Waals surface area (Å²) in [6, 6.07) is 6.36. The molecule has 154 valence electrons. The number of aromatic nitrogens is 2. The summed E-state index contributed by atoms with van der Waals surface area (Å²) in [5.41, 5.74) is 4.67. The Labute approximate surface area is 167 Å². The molecule has 0 saturated heterocycles. The molecule has 1 aliphatic rings. The average molecular weight is 400 g/mol. The molecule has 1 fully saturated rings. The van der Waals surface area contributed by atoms with E-state index in [2.05, 4.69) is 10.4 Å². The number of hydrogen-bond acceptors (Lipinski definition) is 6. The smallest absolute Gasteiger partial charge is 0.328 e. The molecule has 1 aromatic carbocycles. The fourth-order valence-corrected chi connectivity index (χ4v) is 3.54. The first-order chi connectivity index (χ1) is 14.0. The van der Waals surface area contributed by atoms with Crippen LogP contribution >= 0.6 is 0 Å². The lowest BCUT2D eigenvalue weighted by Gasteiger charge is -2.21. The number of rotatable bonds is 7. The number of benzene rings is 1. The molecular formula is C20H24N4O5. The number of carbonyl (C=O) groups excluding carboxylic acids is 3. The van der Waals surface area contributed by atoms with Crippen molar-refractivity contribution in [1.29, 1.82) is 0 Å². The van der Waals surface area contributed by atoms with Gasteiger partial charge in [-0.05, 0) is 24.8 Å². The van der Waals surface area contributed by atoms with Crippen molar-refractivity contribution in [3.63, 3.8) is 0 Å². The van der Waals surface area contributed by atoms with E-state index < -0.39 is 30.6 Å². The molecule has 1 aliphatic carbocycles. The number of carbonyl (C=O) groups is 3. The van der Waals surface area contributed by atoms with Crippen LogP contribution in [0.2, 0.25) is 0 Å². The van der Waals surface area contributed by atoms with Gasteiger partial charge in [0.05, 0.1) is 5.39 Å². The van der Waals surface area contributed by atoms with Gasteiger partial charge < -0.3 is 15.8 Å². The van der Waals surface area contributed by atoms with Crippen molar-refractivity contribution in [3.8, 4) is 0 Å². The van der Waals surface area contributed by atoms with Gasteiger partial charge in [0.1, 0.15) is 6.54 Å². The summed E-state index contributed by atoms with van der Waals surface area (Å²) in [6.07, 6.45) is 5.78. The summed E-state index contributed by atoms with van der Waals surface area (Å²) >= 11 is 0. The number of esters is 1. The van der Waals surface area contributed by atoms with Crippen LogP contribution in [0.25, 0.3) is 10.8 Å².